The van der Waals surface area contributed by atoms with Gasteiger partial charge < -0.3 is 5.01 Å². The Hall–Kier alpha value is -0.790. The van der Waals surface area contributed by atoms with Crippen molar-refractivity contribution in [2.75, 3.05) is 14.1 Å². The Morgan fingerprint density at radius 3 is 2.75 bits per heavy atom. The van der Waals surface area contributed by atoms with E-state index in [-0.39, 0.29) is 0 Å². The van der Waals surface area contributed by atoms with E-state index in [1.807, 2.05) is 19.1 Å². The maximum absolute atomic E-state index is 4.71. The molecule has 0 bridgehead atoms. The highest BCUT2D eigenvalue weighted by Crippen LogP contribution is 2.51. The minimum Gasteiger partial charge on any atom is -0.303 e. The maximum Gasteiger partial charge on any atom is 0.0420 e. The van der Waals surface area contributed by atoms with E-state index in [9.17, 15) is 0 Å². The highest BCUT2D eigenvalue weighted by atomic mass is 15.4. The van der Waals surface area contributed by atoms with Crippen molar-refractivity contribution in [1.82, 2.24) is 5.01 Å². The lowest BCUT2D eigenvalue weighted by Gasteiger charge is -2.47. The number of allylic oxidation sites excluding steroid dienone is 1. The van der Waals surface area contributed by atoms with Gasteiger partial charge in [-0.2, -0.15) is 5.10 Å². The van der Waals surface area contributed by atoms with Crippen molar-refractivity contribution in [3.8, 4) is 0 Å². The molecular weight excluding hydrogens is 196 g/mol. The minimum atomic E-state index is 0.339. The number of hydrazone groups is 1. The van der Waals surface area contributed by atoms with Gasteiger partial charge in [-0.05, 0) is 43.9 Å². The molecule has 0 aromatic heterocycles. The van der Waals surface area contributed by atoms with Crippen LogP contribution in [0.1, 0.15) is 45.4 Å². The smallest absolute Gasteiger partial charge is 0.0420 e. The average Bonchev–Trinajstić information content (AvgIpc) is 2.20. The predicted octanol–water partition coefficient (Wildman–Crippen LogP) is 3.45. The lowest BCUT2D eigenvalue weighted by Crippen LogP contribution is -2.41. The Morgan fingerprint density at radius 2 is 2.06 bits per heavy atom. The molecule has 2 atom stereocenters. The van der Waals surface area contributed by atoms with Crippen molar-refractivity contribution < 1.29 is 0 Å². The van der Waals surface area contributed by atoms with Crippen LogP contribution in [0.15, 0.2) is 17.3 Å². The fourth-order valence-electron chi connectivity index (χ4n) is 3.44. The van der Waals surface area contributed by atoms with Crippen molar-refractivity contribution >= 4 is 5.71 Å². The molecule has 2 aliphatic rings. The average molecular weight is 220 g/mol. The summed E-state index contributed by atoms with van der Waals surface area (Å²) in [4.78, 5) is 0. The van der Waals surface area contributed by atoms with E-state index in [1.54, 1.807) is 0 Å². The van der Waals surface area contributed by atoms with Crippen LogP contribution < -0.4 is 0 Å². The van der Waals surface area contributed by atoms with Gasteiger partial charge in [-0.1, -0.05) is 19.1 Å². The SMILES string of the molecule is C=C1CCC[C@H]2/C(=N/N(C)C)CCC[C@@]12C. The largest absolute Gasteiger partial charge is 0.303 e. The topological polar surface area (TPSA) is 15.6 Å². The van der Waals surface area contributed by atoms with E-state index < -0.39 is 0 Å². The molecule has 2 heteroatoms. The molecule has 0 unspecified atom stereocenters. The molecule has 0 saturated heterocycles. The molecule has 0 heterocycles. The Labute approximate surface area is 99.4 Å². The summed E-state index contributed by atoms with van der Waals surface area (Å²) in [5.74, 6) is 0.657. The summed E-state index contributed by atoms with van der Waals surface area (Å²) < 4.78 is 0. The van der Waals surface area contributed by atoms with Crippen LogP contribution >= 0.6 is 0 Å². The van der Waals surface area contributed by atoms with Gasteiger partial charge in [0.25, 0.3) is 0 Å². The first kappa shape index (κ1) is 11.7. The lowest BCUT2D eigenvalue weighted by molar-refractivity contribution is 0.201. The molecule has 16 heavy (non-hydrogen) atoms. The van der Waals surface area contributed by atoms with Crippen molar-refractivity contribution in [3.63, 3.8) is 0 Å². The summed E-state index contributed by atoms with van der Waals surface area (Å²) in [7, 11) is 4.05. The minimum absolute atomic E-state index is 0.339. The van der Waals surface area contributed by atoms with Gasteiger partial charge in [0.1, 0.15) is 0 Å². The second-order valence-electron chi connectivity index (χ2n) is 5.76. The number of rotatable bonds is 1. The molecule has 2 rings (SSSR count). The third kappa shape index (κ3) is 1.90. The predicted molar refractivity (Wildman–Crippen MR) is 69.6 cm³/mol. The molecule has 0 radical (unpaired) electrons. The van der Waals surface area contributed by atoms with Crippen LogP contribution in [0.25, 0.3) is 0 Å². The maximum atomic E-state index is 4.71. The Bertz CT molecular complexity index is 317. The van der Waals surface area contributed by atoms with E-state index in [4.69, 9.17) is 5.10 Å². The lowest BCUT2D eigenvalue weighted by atomic mass is 9.58. The third-order valence-electron chi connectivity index (χ3n) is 4.41. The molecule has 0 aromatic rings. The van der Waals surface area contributed by atoms with Gasteiger partial charge in [0, 0.05) is 25.7 Å². The molecule has 2 saturated carbocycles. The molecule has 2 fully saturated rings. The van der Waals surface area contributed by atoms with Gasteiger partial charge in [-0.3, -0.25) is 0 Å². The van der Waals surface area contributed by atoms with E-state index in [0.29, 0.717) is 11.3 Å². The molecule has 90 valence electrons. The molecule has 0 N–H and O–H groups in total. The first-order valence-electron chi connectivity index (χ1n) is 6.47. The number of hydrogen-bond donors (Lipinski definition) is 0. The summed E-state index contributed by atoms with van der Waals surface area (Å²) in [5.41, 5.74) is 3.22. The summed E-state index contributed by atoms with van der Waals surface area (Å²) >= 11 is 0. The van der Waals surface area contributed by atoms with Crippen LogP contribution in [0, 0.1) is 11.3 Å². The van der Waals surface area contributed by atoms with Crippen LogP contribution in [0.3, 0.4) is 0 Å². The van der Waals surface area contributed by atoms with Crippen molar-refractivity contribution in [3.05, 3.63) is 12.2 Å². The summed E-state index contributed by atoms with van der Waals surface area (Å²) in [5, 5.41) is 6.67. The summed E-state index contributed by atoms with van der Waals surface area (Å²) in [6.45, 7) is 6.72. The summed E-state index contributed by atoms with van der Waals surface area (Å²) in [6, 6.07) is 0. The fraction of sp³-hybridized carbons (Fsp3) is 0.786. The molecule has 0 aromatic carbocycles. The van der Waals surface area contributed by atoms with Gasteiger partial charge >= 0.3 is 0 Å². The van der Waals surface area contributed by atoms with Crippen LogP contribution in [-0.4, -0.2) is 24.8 Å². The first-order chi connectivity index (χ1) is 7.54. The second-order valence-corrected chi connectivity index (χ2v) is 5.76. The monoisotopic (exact) mass is 220 g/mol. The second kappa shape index (κ2) is 4.23. The van der Waals surface area contributed by atoms with Gasteiger partial charge in [0.15, 0.2) is 0 Å². The van der Waals surface area contributed by atoms with Gasteiger partial charge in [0.05, 0.1) is 0 Å². The first-order valence-corrected chi connectivity index (χ1v) is 6.47. The van der Waals surface area contributed by atoms with Crippen LogP contribution in [0.5, 0.6) is 0 Å². The van der Waals surface area contributed by atoms with Crippen molar-refractivity contribution in [2.45, 2.75) is 45.4 Å². The van der Waals surface area contributed by atoms with Gasteiger partial charge in [-0.25, -0.2) is 0 Å². The van der Waals surface area contributed by atoms with Crippen LogP contribution in [0.4, 0.5) is 0 Å². The highest BCUT2D eigenvalue weighted by molar-refractivity contribution is 5.88. The van der Waals surface area contributed by atoms with Crippen LogP contribution in [0.2, 0.25) is 0 Å². The highest BCUT2D eigenvalue weighted by Gasteiger charge is 2.43. The molecule has 0 amide bonds. The molecule has 0 spiro atoms. The fourth-order valence-corrected chi connectivity index (χ4v) is 3.44. The third-order valence-corrected chi connectivity index (χ3v) is 4.41. The molecular formula is C14H24N2. The zero-order valence-corrected chi connectivity index (χ0v) is 10.9. The molecule has 2 nitrogen and oxygen atoms in total. The summed E-state index contributed by atoms with van der Waals surface area (Å²) in [6.07, 6.45) is 7.60. The quantitative estimate of drug-likeness (QED) is 0.488. The zero-order valence-electron chi connectivity index (χ0n) is 10.9. The Morgan fingerprint density at radius 1 is 1.31 bits per heavy atom. The van der Waals surface area contributed by atoms with Crippen LogP contribution in [-0.2, 0) is 0 Å². The zero-order chi connectivity index (χ0) is 11.8. The number of nitrogens with zero attached hydrogens (tertiary/aromatic N) is 2. The number of hydrogen-bond acceptors (Lipinski definition) is 2. The van der Waals surface area contributed by atoms with E-state index in [2.05, 4.69) is 13.5 Å². The van der Waals surface area contributed by atoms with Crippen molar-refractivity contribution in [2.24, 2.45) is 16.4 Å². The number of fused-ring (bicyclic) bond motifs is 1. The standard InChI is InChI=1S/C14H24N2/c1-11-7-5-8-12-13(15-16(3)4)9-6-10-14(11,12)2/h12H,1,5-10H2,2-4H3/b15-13+/t12-,14-/m0/s1. The molecule has 2 aliphatic carbocycles. The van der Waals surface area contributed by atoms with Gasteiger partial charge in [-0.15, -0.1) is 0 Å². The Balaban J connectivity index is 2.28. The van der Waals surface area contributed by atoms with Gasteiger partial charge in [0.2, 0.25) is 0 Å². The van der Waals surface area contributed by atoms with E-state index >= 15 is 0 Å². The van der Waals surface area contributed by atoms with Crippen molar-refractivity contribution in [1.29, 1.82) is 0 Å². The van der Waals surface area contributed by atoms with E-state index in [1.165, 1.54) is 49.8 Å². The normalized spacial score (nSPS) is 37.3. The van der Waals surface area contributed by atoms with E-state index in [0.717, 1.165) is 0 Å². The molecule has 0 aliphatic heterocycles. The Kier molecular flexibility index (Phi) is 3.09.